The molecule has 0 aliphatic carbocycles. The average Bonchev–Trinajstić information content (AvgIpc) is 3.29. The van der Waals surface area contributed by atoms with E-state index < -0.39 is 19.6 Å². The van der Waals surface area contributed by atoms with E-state index in [9.17, 15) is 23.0 Å². The number of hydrogen-bond donors (Lipinski definition) is 3. The van der Waals surface area contributed by atoms with Gasteiger partial charge in [0.05, 0.1) is 11.0 Å². The van der Waals surface area contributed by atoms with Gasteiger partial charge < -0.3 is 25.0 Å². The Balaban J connectivity index is 1.10. The second kappa shape index (κ2) is 13.3. The van der Waals surface area contributed by atoms with Crippen LogP contribution in [0.5, 0.6) is 0 Å². The van der Waals surface area contributed by atoms with Crippen molar-refractivity contribution in [1.82, 2.24) is 24.3 Å². The second-order valence-corrected chi connectivity index (χ2v) is 11.5. The van der Waals surface area contributed by atoms with E-state index in [1.54, 1.807) is 13.0 Å². The summed E-state index contributed by atoms with van der Waals surface area (Å²) in [6.07, 6.45) is -0.105. The fourth-order valence-corrected chi connectivity index (χ4v) is 6.00. The van der Waals surface area contributed by atoms with Crippen molar-refractivity contribution in [3.8, 4) is 0 Å². The zero-order valence-corrected chi connectivity index (χ0v) is 24.0. The van der Waals surface area contributed by atoms with Gasteiger partial charge in [-0.25, -0.2) is 9.97 Å². The first-order chi connectivity index (χ1) is 20.1. The quantitative estimate of drug-likeness (QED) is 0.299. The lowest BCUT2D eigenvalue weighted by Crippen LogP contribution is -2.47. The van der Waals surface area contributed by atoms with E-state index in [2.05, 4.69) is 25.4 Å². The molecule has 0 saturated carbocycles. The number of para-hydroxylation sites is 2. The second-order valence-electron chi connectivity index (χ2n) is 11.5. The summed E-state index contributed by atoms with van der Waals surface area (Å²) in [5.74, 6) is 1.48. The molecule has 13 heteroatoms. The summed E-state index contributed by atoms with van der Waals surface area (Å²) < 4.78 is 40.2. The smallest absolute Gasteiger partial charge is 0.408 e. The highest BCUT2D eigenvalue weighted by Gasteiger charge is 2.32. The molecule has 42 heavy (non-hydrogen) atoms. The van der Waals surface area contributed by atoms with Crippen LogP contribution in [0.2, 0.25) is 6.82 Å². The van der Waals surface area contributed by atoms with Crippen LogP contribution in [0, 0.1) is 5.92 Å². The number of rotatable bonds is 10. The fourth-order valence-electron chi connectivity index (χ4n) is 6.00. The van der Waals surface area contributed by atoms with E-state index in [4.69, 9.17) is 0 Å². The molecule has 0 atom stereocenters. The Kier molecular flexibility index (Phi) is 9.57. The Morgan fingerprint density at radius 1 is 1.10 bits per heavy atom. The van der Waals surface area contributed by atoms with Crippen molar-refractivity contribution in [2.24, 2.45) is 5.92 Å². The SMILES string of the molecule is CB(O)Nc1cc(CN2CCC(C(=O)N3CCC(Nc4nc5ccccc5n4CCCC(F)(F)F)CC3)CC2)ccn1. The Hall–Kier alpha value is -3.32. The molecule has 0 bridgehead atoms. The molecule has 0 spiro atoms. The number of nitrogens with zero attached hydrogens (tertiary/aromatic N) is 5. The Morgan fingerprint density at radius 3 is 2.55 bits per heavy atom. The van der Waals surface area contributed by atoms with Crippen molar-refractivity contribution in [2.75, 3.05) is 36.7 Å². The predicted molar refractivity (Wildman–Crippen MR) is 158 cm³/mol. The van der Waals surface area contributed by atoms with Gasteiger partial charge in [-0.1, -0.05) is 12.1 Å². The van der Waals surface area contributed by atoms with Crippen LogP contribution in [0.15, 0.2) is 42.6 Å². The number of hydrogen-bond acceptors (Lipinski definition) is 7. The number of carbonyl (C=O) groups is 1. The molecule has 2 aliphatic heterocycles. The van der Waals surface area contributed by atoms with Crippen LogP contribution in [0.25, 0.3) is 11.0 Å². The lowest BCUT2D eigenvalue weighted by atomic mass is 9.89. The van der Waals surface area contributed by atoms with Crippen LogP contribution in [0.4, 0.5) is 24.9 Å². The van der Waals surface area contributed by atoms with Gasteiger partial charge in [-0.15, -0.1) is 0 Å². The van der Waals surface area contributed by atoms with Gasteiger partial charge in [-0.3, -0.25) is 9.69 Å². The van der Waals surface area contributed by atoms with Crippen molar-refractivity contribution in [1.29, 1.82) is 0 Å². The number of aromatic nitrogens is 3. The normalized spacial score (nSPS) is 17.5. The molecule has 3 N–H and O–H groups in total. The van der Waals surface area contributed by atoms with Gasteiger partial charge >= 0.3 is 13.2 Å². The van der Waals surface area contributed by atoms with Crippen LogP contribution in [-0.2, 0) is 17.9 Å². The number of halogens is 3. The largest absolute Gasteiger partial charge is 0.433 e. The topological polar surface area (TPSA) is 98.5 Å². The highest BCUT2D eigenvalue weighted by atomic mass is 19.4. The van der Waals surface area contributed by atoms with E-state index in [-0.39, 0.29) is 30.8 Å². The summed E-state index contributed by atoms with van der Waals surface area (Å²) in [6.45, 7) is 5.66. The summed E-state index contributed by atoms with van der Waals surface area (Å²) in [4.78, 5) is 26.6. The zero-order chi connectivity index (χ0) is 29.7. The predicted octanol–water partition coefficient (Wildman–Crippen LogP) is 4.61. The third-order valence-electron chi connectivity index (χ3n) is 8.16. The number of likely N-dealkylation sites (tertiary alicyclic amines) is 2. The van der Waals surface area contributed by atoms with E-state index in [0.29, 0.717) is 24.9 Å². The molecule has 1 aromatic carbocycles. The number of piperidine rings is 2. The number of pyridine rings is 1. The summed E-state index contributed by atoms with van der Waals surface area (Å²) in [5, 5.41) is 15.9. The van der Waals surface area contributed by atoms with Crippen LogP contribution in [-0.4, -0.2) is 80.7 Å². The van der Waals surface area contributed by atoms with Gasteiger partial charge in [0.25, 0.3) is 0 Å². The Bertz CT molecular complexity index is 1340. The van der Waals surface area contributed by atoms with Gasteiger partial charge in [-0.2, -0.15) is 13.2 Å². The van der Waals surface area contributed by atoms with Crippen molar-refractivity contribution in [3.63, 3.8) is 0 Å². The molecule has 2 fully saturated rings. The summed E-state index contributed by atoms with van der Waals surface area (Å²) in [6, 6.07) is 11.5. The molecule has 3 aromatic rings. The molecule has 9 nitrogen and oxygen atoms in total. The molecule has 1 amide bonds. The third-order valence-corrected chi connectivity index (χ3v) is 8.16. The maximum atomic E-state index is 13.3. The Labute approximate surface area is 244 Å². The molecule has 0 radical (unpaired) electrons. The van der Waals surface area contributed by atoms with Gasteiger partial charge in [0, 0.05) is 50.8 Å². The number of imidazole rings is 1. The Morgan fingerprint density at radius 2 is 1.83 bits per heavy atom. The highest BCUT2D eigenvalue weighted by molar-refractivity contribution is 6.52. The number of amides is 1. The fraction of sp³-hybridized carbons (Fsp3) is 0.552. The van der Waals surface area contributed by atoms with Crippen molar-refractivity contribution >= 4 is 35.8 Å². The lowest BCUT2D eigenvalue weighted by molar-refractivity contribution is -0.138. The molecule has 5 rings (SSSR count). The summed E-state index contributed by atoms with van der Waals surface area (Å²) >= 11 is 0. The van der Waals surface area contributed by atoms with E-state index in [1.807, 2.05) is 45.9 Å². The number of benzene rings is 1. The molecule has 0 unspecified atom stereocenters. The first kappa shape index (κ1) is 30.2. The van der Waals surface area contributed by atoms with Crippen molar-refractivity contribution in [2.45, 2.75) is 70.7 Å². The average molecular weight is 585 g/mol. The number of fused-ring (bicyclic) bond motifs is 1. The van der Waals surface area contributed by atoms with Crippen LogP contribution in [0.3, 0.4) is 0 Å². The molecule has 4 heterocycles. The standard InChI is InChI=1S/C29H39BF3N7O2/c1-30(42)37-26-19-21(7-13-34-26)20-38-15-8-22(9-16-38)27(41)39-17-10-23(11-18-39)35-28-36-24-5-2-3-6-25(24)40(28)14-4-12-29(31,32)33/h2-3,5-7,13,19,22-23,42H,4,8-12,14-18,20H2,1H3,(H,34,37)(H,35,36). The molecule has 2 aliphatic rings. The number of alkyl halides is 3. The molecule has 2 saturated heterocycles. The summed E-state index contributed by atoms with van der Waals surface area (Å²) in [5.41, 5.74) is 2.69. The molecular weight excluding hydrogens is 546 g/mol. The molecule has 226 valence electrons. The van der Waals surface area contributed by atoms with Crippen LogP contribution >= 0.6 is 0 Å². The number of anilines is 2. The first-order valence-electron chi connectivity index (χ1n) is 14.8. The third kappa shape index (κ3) is 7.94. The number of aryl methyl sites for hydroxylation is 1. The van der Waals surface area contributed by atoms with E-state index in [0.717, 1.165) is 61.9 Å². The zero-order valence-electron chi connectivity index (χ0n) is 24.0. The summed E-state index contributed by atoms with van der Waals surface area (Å²) in [7, 11) is -0.671. The highest BCUT2D eigenvalue weighted by Crippen LogP contribution is 2.27. The number of nitrogens with one attached hydrogen (secondary N) is 2. The van der Waals surface area contributed by atoms with Gasteiger partial charge in [0.1, 0.15) is 5.82 Å². The lowest BCUT2D eigenvalue weighted by Gasteiger charge is -2.37. The maximum Gasteiger partial charge on any atom is 0.408 e. The monoisotopic (exact) mass is 585 g/mol. The number of carbonyl (C=O) groups excluding carboxylic acids is 1. The van der Waals surface area contributed by atoms with E-state index >= 15 is 0 Å². The van der Waals surface area contributed by atoms with E-state index in [1.165, 1.54) is 0 Å². The van der Waals surface area contributed by atoms with Crippen LogP contribution in [0.1, 0.15) is 44.1 Å². The van der Waals surface area contributed by atoms with Crippen LogP contribution < -0.4 is 10.5 Å². The minimum atomic E-state index is -4.18. The van der Waals surface area contributed by atoms with Gasteiger partial charge in [-0.05, 0) is 81.8 Å². The maximum absolute atomic E-state index is 13.3. The molecule has 2 aromatic heterocycles. The van der Waals surface area contributed by atoms with Crippen molar-refractivity contribution < 1.29 is 23.0 Å². The minimum absolute atomic E-state index is 0.00586. The molecular formula is C29H39BF3N7O2. The van der Waals surface area contributed by atoms with Gasteiger partial charge in [0.15, 0.2) is 0 Å². The first-order valence-corrected chi connectivity index (χ1v) is 14.8. The van der Waals surface area contributed by atoms with Crippen molar-refractivity contribution in [3.05, 3.63) is 48.2 Å². The minimum Gasteiger partial charge on any atom is -0.433 e. The van der Waals surface area contributed by atoms with Gasteiger partial charge in [0.2, 0.25) is 11.9 Å².